The number of fused-ring (bicyclic) bond motifs is 1. The van der Waals surface area contributed by atoms with E-state index < -0.39 is 0 Å². The molecule has 1 aliphatic heterocycles. The highest BCUT2D eigenvalue weighted by Gasteiger charge is 2.23. The van der Waals surface area contributed by atoms with Crippen LogP contribution in [0.3, 0.4) is 0 Å². The minimum absolute atomic E-state index is 0.847. The molecule has 0 bridgehead atoms. The summed E-state index contributed by atoms with van der Waals surface area (Å²) < 4.78 is 5.56. The molecule has 2 aliphatic rings. The standard InChI is InChI=1S/C22H26O/c1-4-7-17-8-6-9-20-21(17)15-19(14-16(3)5-2)22(20)18-10-12-23-13-11-18/h5-6,8-9,14-15H,2,4,7,10-13H2,1,3H3/b16-14-. The molecule has 120 valence electrons. The van der Waals surface area contributed by atoms with E-state index in [4.69, 9.17) is 4.74 Å². The van der Waals surface area contributed by atoms with Crippen LogP contribution in [-0.2, 0) is 11.2 Å². The van der Waals surface area contributed by atoms with Crippen molar-refractivity contribution in [3.8, 4) is 0 Å². The van der Waals surface area contributed by atoms with Gasteiger partial charge in [-0.25, -0.2) is 0 Å². The van der Waals surface area contributed by atoms with Crippen molar-refractivity contribution in [3.63, 3.8) is 0 Å². The zero-order chi connectivity index (χ0) is 16.2. The van der Waals surface area contributed by atoms with Gasteiger partial charge in [0.1, 0.15) is 0 Å². The highest BCUT2D eigenvalue weighted by Crippen LogP contribution is 2.42. The molecule has 0 unspecified atom stereocenters. The van der Waals surface area contributed by atoms with Crippen molar-refractivity contribution >= 4 is 11.6 Å². The number of allylic oxidation sites excluding steroid dienone is 5. The molecule has 0 N–H and O–H groups in total. The Morgan fingerprint density at radius 2 is 2.04 bits per heavy atom. The summed E-state index contributed by atoms with van der Waals surface area (Å²) in [6, 6.07) is 6.77. The van der Waals surface area contributed by atoms with Gasteiger partial charge in [-0.3, -0.25) is 0 Å². The number of rotatable bonds is 4. The number of hydrogen-bond donors (Lipinski definition) is 0. The summed E-state index contributed by atoms with van der Waals surface area (Å²) in [5, 5.41) is 0. The fourth-order valence-corrected chi connectivity index (χ4v) is 3.55. The van der Waals surface area contributed by atoms with Crippen molar-refractivity contribution in [3.05, 3.63) is 70.3 Å². The van der Waals surface area contributed by atoms with Crippen molar-refractivity contribution in [2.45, 2.75) is 39.5 Å². The molecule has 1 fully saturated rings. The van der Waals surface area contributed by atoms with E-state index in [1.54, 1.807) is 5.57 Å². The van der Waals surface area contributed by atoms with Gasteiger partial charge >= 0.3 is 0 Å². The predicted octanol–water partition coefficient (Wildman–Crippen LogP) is 5.73. The third-order valence-electron chi connectivity index (χ3n) is 4.73. The first-order valence-electron chi connectivity index (χ1n) is 8.69. The van der Waals surface area contributed by atoms with E-state index in [1.807, 2.05) is 6.08 Å². The van der Waals surface area contributed by atoms with Crippen LogP contribution in [0.5, 0.6) is 0 Å². The van der Waals surface area contributed by atoms with Crippen LogP contribution in [0.15, 0.2) is 53.6 Å². The number of hydrogen-bond acceptors (Lipinski definition) is 1. The van der Waals surface area contributed by atoms with Crippen molar-refractivity contribution < 1.29 is 4.74 Å². The highest BCUT2D eigenvalue weighted by atomic mass is 16.5. The number of ether oxygens (including phenoxy) is 1. The molecule has 1 aromatic carbocycles. The first kappa shape index (κ1) is 16.0. The minimum atomic E-state index is 0.847. The van der Waals surface area contributed by atoms with Gasteiger partial charge in [0.15, 0.2) is 0 Å². The van der Waals surface area contributed by atoms with Crippen LogP contribution in [0.4, 0.5) is 0 Å². The summed E-state index contributed by atoms with van der Waals surface area (Å²) >= 11 is 0. The molecule has 1 heterocycles. The lowest BCUT2D eigenvalue weighted by Gasteiger charge is -2.19. The Bertz CT molecular complexity index is 693. The highest BCUT2D eigenvalue weighted by molar-refractivity contribution is 5.99. The molecule has 1 aromatic rings. The lowest BCUT2D eigenvalue weighted by Crippen LogP contribution is -2.09. The molecule has 0 saturated carbocycles. The first-order valence-corrected chi connectivity index (χ1v) is 8.69. The second kappa shape index (κ2) is 7.14. The molecule has 0 amide bonds. The van der Waals surface area contributed by atoms with E-state index in [0.717, 1.165) is 32.5 Å². The molecule has 0 aromatic heterocycles. The molecule has 0 spiro atoms. The van der Waals surface area contributed by atoms with Gasteiger partial charge in [-0.1, -0.05) is 61.4 Å². The third kappa shape index (κ3) is 3.25. The largest absolute Gasteiger partial charge is 0.381 e. The maximum atomic E-state index is 5.56. The summed E-state index contributed by atoms with van der Waals surface area (Å²) in [5.74, 6) is 0. The molecule has 1 nitrogen and oxygen atoms in total. The van der Waals surface area contributed by atoms with E-state index in [0.29, 0.717) is 0 Å². The molecule has 1 aliphatic carbocycles. The third-order valence-corrected chi connectivity index (χ3v) is 4.73. The topological polar surface area (TPSA) is 9.23 Å². The van der Waals surface area contributed by atoms with Crippen LogP contribution in [0.25, 0.3) is 11.6 Å². The van der Waals surface area contributed by atoms with Gasteiger partial charge in [0.25, 0.3) is 0 Å². The zero-order valence-corrected chi connectivity index (χ0v) is 14.3. The zero-order valence-electron chi connectivity index (χ0n) is 14.3. The molecular formula is C22H26O. The van der Waals surface area contributed by atoms with Crippen LogP contribution >= 0.6 is 0 Å². The van der Waals surface area contributed by atoms with Gasteiger partial charge in [0.05, 0.1) is 13.2 Å². The Morgan fingerprint density at radius 1 is 1.26 bits per heavy atom. The van der Waals surface area contributed by atoms with Crippen molar-refractivity contribution in [1.29, 1.82) is 0 Å². The Labute approximate surface area is 140 Å². The fraction of sp³-hybridized carbons (Fsp3) is 0.364. The van der Waals surface area contributed by atoms with Crippen LogP contribution in [0, 0.1) is 0 Å². The van der Waals surface area contributed by atoms with Crippen LogP contribution in [-0.4, -0.2) is 13.2 Å². The van der Waals surface area contributed by atoms with Crippen LogP contribution in [0.1, 0.15) is 49.8 Å². The fourth-order valence-electron chi connectivity index (χ4n) is 3.55. The van der Waals surface area contributed by atoms with E-state index >= 15 is 0 Å². The summed E-state index contributed by atoms with van der Waals surface area (Å²) in [6.45, 7) is 9.97. The molecule has 1 saturated heterocycles. The van der Waals surface area contributed by atoms with Gasteiger partial charge in [-0.15, -0.1) is 0 Å². The summed E-state index contributed by atoms with van der Waals surface area (Å²) in [5.41, 5.74) is 9.85. The monoisotopic (exact) mass is 306 g/mol. The molecule has 3 rings (SSSR count). The van der Waals surface area contributed by atoms with Gasteiger partial charge in [0.2, 0.25) is 0 Å². The second-order valence-electron chi connectivity index (χ2n) is 6.41. The van der Waals surface area contributed by atoms with E-state index in [1.165, 1.54) is 39.8 Å². The molecule has 23 heavy (non-hydrogen) atoms. The summed E-state index contributed by atoms with van der Waals surface area (Å²) in [4.78, 5) is 0. The molecule has 0 radical (unpaired) electrons. The van der Waals surface area contributed by atoms with Gasteiger partial charge in [0, 0.05) is 0 Å². The van der Waals surface area contributed by atoms with Crippen LogP contribution < -0.4 is 0 Å². The predicted molar refractivity (Wildman–Crippen MR) is 99.3 cm³/mol. The Balaban J connectivity index is 2.15. The molecular weight excluding hydrogens is 280 g/mol. The Morgan fingerprint density at radius 3 is 2.74 bits per heavy atom. The SMILES string of the molecule is C=C/C(C)=C\C1=Cc2c(CCC)cccc2C1=C1CCOCC1. The normalized spacial score (nSPS) is 18.0. The van der Waals surface area contributed by atoms with Crippen LogP contribution in [0.2, 0.25) is 0 Å². The van der Waals surface area contributed by atoms with Crippen molar-refractivity contribution in [1.82, 2.24) is 0 Å². The maximum Gasteiger partial charge on any atom is 0.0503 e. The lowest BCUT2D eigenvalue weighted by atomic mass is 9.90. The number of aryl methyl sites for hydroxylation is 1. The van der Waals surface area contributed by atoms with Gasteiger partial charge in [-0.2, -0.15) is 0 Å². The molecule has 0 atom stereocenters. The second-order valence-corrected chi connectivity index (χ2v) is 6.41. The smallest absolute Gasteiger partial charge is 0.0503 e. The quantitative estimate of drug-likeness (QED) is 0.645. The summed E-state index contributed by atoms with van der Waals surface area (Å²) in [7, 11) is 0. The maximum absolute atomic E-state index is 5.56. The lowest BCUT2D eigenvalue weighted by molar-refractivity contribution is 0.119. The van der Waals surface area contributed by atoms with Gasteiger partial charge in [-0.05, 0) is 60.1 Å². The first-order chi connectivity index (χ1) is 11.2. The van der Waals surface area contributed by atoms with Gasteiger partial charge < -0.3 is 4.74 Å². The molecule has 1 heteroatoms. The average molecular weight is 306 g/mol. The van der Waals surface area contributed by atoms with E-state index in [9.17, 15) is 0 Å². The Hall–Kier alpha value is -1.86. The average Bonchev–Trinajstić information content (AvgIpc) is 2.94. The van der Waals surface area contributed by atoms with Crippen molar-refractivity contribution in [2.75, 3.05) is 13.2 Å². The summed E-state index contributed by atoms with van der Waals surface area (Å²) in [6.07, 6.45) is 11.0. The number of benzene rings is 1. The van der Waals surface area contributed by atoms with E-state index in [-0.39, 0.29) is 0 Å². The minimum Gasteiger partial charge on any atom is -0.381 e. The van der Waals surface area contributed by atoms with Crippen molar-refractivity contribution in [2.24, 2.45) is 0 Å². The van der Waals surface area contributed by atoms with E-state index in [2.05, 4.69) is 50.8 Å². The Kier molecular flexibility index (Phi) is 4.97.